The lowest BCUT2D eigenvalue weighted by Gasteiger charge is -2.29. The number of sulfonamides is 1. The summed E-state index contributed by atoms with van der Waals surface area (Å²) in [5.74, 6) is 0.116. The molecule has 2 heterocycles. The minimum Gasteiger partial charge on any atom is -0.457 e. The molecule has 1 aliphatic carbocycles. The van der Waals surface area contributed by atoms with E-state index in [1.165, 1.54) is 0 Å². The number of rotatable bonds is 8. The highest BCUT2D eigenvalue weighted by molar-refractivity contribution is 7.89. The average molecular weight is 567 g/mol. The molecule has 202 valence electrons. The van der Waals surface area contributed by atoms with E-state index in [4.69, 9.17) is 16.3 Å². The Morgan fingerprint density at radius 2 is 1.74 bits per heavy atom. The van der Waals surface area contributed by atoms with E-state index in [0.717, 1.165) is 11.9 Å². The van der Waals surface area contributed by atoms with Crippen molar-refractivity contribution >= 4 is 50.0 Å². The highest BCUT2D eigenvalue weighted by Crippen LogP contribution is 2.34. The zero-order chi connectivity index (χ0) is 27.6. The fourth-order valence-electron chi connectivity index (χ4n) is 4.86. The highest BCUT2D eigenvalue weighted by atomic mass is 35.5. The van der Waals surface area contributed by atoms with Crippen LogP contribution in [0.5, 0.6) is 11.5 Å². The maximum absolute atomic E-state index is 13.6. The normalized spacial score (nSPS) is 17.5. The van der Waals surface area contributed by atoms with Crippen LogP contribution in [0.1, 0.15) is 41.6 Å². The van der Waals surface area contributed by atoms with E-state index in [-0.39, 0.29) is 22.8 Å². The summed E-state index contributed by atoms with van der Waals surface area (Å²) in [6.45, 7) is 0. The molecule has 1 saturated carbocycles. The molecule has 0 aliphatic heterocycles. The largest absolute Gasteiger partial charge is 0.457 e. The number of nitrogens with zero attached hydrogens (tertiary/aromatic N) is 1. The third-order valence-corrected chi connectivity index (χ3v) is 7.61. The fourth-order valence-corrected chi connectivity index (χ4v) is 5.64. The molecule has 4 aromatic rings. The molecule has 0 unspecified atom stereocenters. The first-order valence-corrected chi connectivity index (χ1v) is 14.8. The van der Waals surface area contributed by atoms with Gasteiger partial charge in [-0.3, -0.25) is 14.3 Å². The van der Waals surface area contributed by atoms with E-state index in [2.05, 4.69) is 20.0 Å². The van der Waals surface area contributed by atoms with Crippen LogP contribution >= 0.6 is 11.6 Å². The van der Waals surface area contributed by atoms with Gasteiger partial charge in [-0.25, -0.2) is 13.4 Å². The van der Waals surface area contributed by atoms with Crippen LogP contribution in [0.4, 0.5) is 5.69 Å². The van der Waals surface area contributed by atoms with Crippen LogP contribution in [0.2, 0.25) is 5.02 Å². The van der Waals surface area contributed by atoms with Gasteiger partial charge in [0.15, 0.2) is 5.78 Å². The van der Waals surface area contributed by atoms with Gasteiger partial charge in [0.1, 0.15) is 17.1 Å². The number of hydrogen-bond donors (Lipinski definition) is 3. The van der Waals surface area contributed by atoms with Gasteiger partial charge in [-0.15, -0.1) is 0 Å². The second-order valence-electron chi connectivity index (χ2n) is 9.60. The molecular formula is C28H27ClN4O5S. The Morgan fingerprint density at radius 1 is 1.00 bits per heavy atom. The van der Waals surface area contributed by atoms with Gasteiger partial charge in [0.2, 0.25) is 15.9 Å². The number of pyridine rings is 1. The summed E-state index contributed by atoms with van der Waals surface area (Å²) >= 11 is 6.52. The van der Waals surface area contributed by atoms with Crippen LogP contribution in [-0.2, 0) is 14.8 Å². The summed E-state index contributed by atoms with van der Waals surface area (Å²) < 4.78 is 30.7. The highest BCUT2D eigenvalue weighted by Gasteiger charge is 2.28. The predicted octanol–water partition coefficient (Wildman–Crippen LogP) is 5.29. The van der Waals surface area contributed by atoms with Crippen molar-refractivity contribution in [3.8, 4) is 11.5 Å². The number of anilines is 1. The molecule has 0 saturated heterocycles. The van der Waals surface area contributed by atoms with E-state index in [1.807, 2.05) is 36.4 Å². The van der Waals surface area contributed by atoms with Crippen molar-refractivity contribution in [1.29, 1.82) is 0 Å². The molecule has 1 fully saturated rings. The van der Waals surface area contributed by atoms with Crippen molar-refractivity contribution in [1.82, 2.24) is 14.7 Å². The number of amides is 1. The lowest BCUT2D eigenvalue weighted by Crippen LogP contribution is -2.38. The number of halogens is 1. The van der Waals surface area contributed by atoms with Crippen molar-refractivity contribution in [2.45, 2.75) is 31.7 Å². The van der Waals surface area contributed by atoms with Crippen LogP contribution < -0.4 is 14.8 Å². The lowest BCUT2D eigenvalue weighted by molar-refractivity contribution is -0.124. The van der Waals surface area contributed by atoms with E-state index >= 15 is 0 Å². The smallest absolute Gasteiger partial charge is 0.236 e. The standard InChI is InChI=1S/C28H27ClN4O5S/c1-39(36,37)33-28(35)17-7-9-18(10-8-17)32-24-13-14-30-27-25(24)22(16-31-27)26(34)21-12-11-20(15-23(21)29)38-19-5-3-2-4-6-19/h2-6,11-18H,7-10H2,1H3,(H,33,35)(H2,30,31,32)/t17-,18-. The maximum Gasteiger partial charge on any atom is 0.236 e. The fraction of sp³-hybridized carbons (Fsp3) is 0.250. The van der Waals surface area contributed by atoms with Gasteiger partial charge in [-0.1, -0.05) is 29.8 Å². The van der Waals surface area contributed by atoms with Crippen LogP contribution in [0.25, 0.3) is 11.0 Å². The van der Waals surface area contributed by atoms with Crippen molar-refractivity contribution in [2.24, 2.45) is 5.92 Å². The summed E-state index contributed by atoms with van der Waals surface area (Å²) in [4.78, 5) is 33.3. The number of aromatic nitrogens is 2. The number of nitrogens with one attached hydrogen (secondary N) is 3. The predicted molar refractivity (Wildman–Crippen MR) is 150 cm³/mol. The van der Waals surface area contributed by atoms with Gasteiger partial charge in [-0.2, -0.15) is 0 Å². The molecule has 0 spiro atoms. The quantitative estimate of drug-likeness (QED) is 0.247. The number of fused-ring (bicyclic) bond motifs is 1. The summed E-state index contributed by atoms with van der Waals surface area (Å²) in [5, 5.41) is 4.42. The van der Waals surface area contributed by atoms with Gasteiger partial charge in [0.25, 0.3) is 0 Å². The number of hydrogen-bond acceptors (Lipinski definition) is 7. The van der Waals surface area contributed by atoms with Gasteiger partial charge in [0, 0.05) is 41.7 Å². The monoisotopic (exact) mass is 566 g/mol. The third kappa shape index (κ3) is 6.23. The summed E-state index contributed by atoms with van der Waals surface area (Å²) in [6, 6.07) is 16.1. The molecule has 0 radical (unpaired) electrons. The average Bonchev–Trinajstić information content (AvgIpc) is 3.34. The SMILES string of the molecule is CS(=O)(=O)NC(=O)[C@H]1CC[C@H](Nc2ccnc3[nH]cc(C(=O)c4ccc(Oc5ccccc5)cc4Cl)c23)CC1. The Labute approximate surface area is 231 Å². The maximum atomic E-state index is 13.6. The van der Waals surface area contributed by atoms with Crippen LogP contribution in [-0.4, -0.2) is 42.4 Å². The van der Waals surface area contributed by atoms with Crippen LogP contribution in [0, 0.1) is 5.92 Å². The number of carbonyl (C=O) groups is 2. The Balaban J connectivity index is 1.33. The van der Waals surface area contributed by atoms with Gasteiger partial charge in [-0.05, 0) is 56.0 Å². The van der Waals surface area contributed by atoms with Gasteiger partial charge >= 0.3 is 0 Å². The molecule has 5 rings (SSSR count). The zero-order valence-corrected chi connectivity index (χ0v) is 22.7. The third-order valence-electron chi connectivity index (χ3n) is 6.73. The molecular weight excluding hydrogens is 540 g/mol. The summed E-state index contributed by atoms with van der Waals surface area (Å²) in [5.41, 5.74) is 2.07. The minimum atomic E-state index is -3.58. The molecule has 0 atom stereocenters. The van der Waals surface area contributed by atoms with E-state index < -0.39 is 15.9 Å². The van der Waals surface area contributed by atoms with Crippen molar-refractivity contribution in [3.63, 3.8) is 0 Å². The summed E-state index contributed by atoms with van der Waals surface area (Å²) in [7, 11) is -3.58. The molecule has 0 bridgehead atoms. The topological polar surface area (TPSA) is 130 Å². The second-order valence-corrected chi connectivity index (χ2v) is 11.8. The van der Waals surface area contributed by atoms with Crippen molar-refractivity contribution in [3.05, 3.63) is 83.1 Å². The number of benzene rings is 2. The first-order chi connectivity index (χ1) is 18.7. The summed E-state index contributed by atoms with van der Waals surface area (Å²) in [6.07, 6.45) is 6.72. The van der Waals surface area contributed by atoms with Crippen LogP contribution in [0.3, 0.4) is 0 Å². The Bertz CT molecular complexity index is 1630. The molecule has 9 nitrogen and oxygen atoms in total. The minimum absolute atomic E-state index is 0.0498. The van der Waals surface area contributed by atoms with Gasteiger partial charge in [0.05, 0.1) is 22.2 Å². The number of para-hydroxylation sites is 1. The molecule has 39 heavy (non-hydrogen) atoms. The molecule has 2 aromatic heterocycles. The Morgan fingerprint density at radius 3 is 2.44 bits per heavy atom. The van der Waals surface area contributed by atoms with Crippen molar-refractivity contribution < 1.29 is 22.7 Å². The Hall–Kier alpha value is -3.89. The lowest BCUT2D eigenvalue weighted by atomic mass is 9.85. The number of ketones is 1. The van der Waals surface area contributed by atoms with Crippen LogP contribution in [0.15, 0.2) is 67.0 Å². The molecule has 1 aliphatic rings. The van der Waals surface area contributed by atoms with E-state index in [9.17, 15) is 18.0 Å². The number of carbonyl (C=O) groups excluding carboxylic acids is 2. The van der Waals surface area contributed by atoms with E-state index in [0.29, 0.717) is 59.3 Å². The molecule has 3 N–H and O–H groups in total. The number of ether oxygens (including phenoxy) is 1. The zero-order valence-electron chi connectivity index (χ0n) is 21.1. The molecule has 11 heteroatoms. The number of aromatic amines is 1. The number of H-pyrrole nitrogens is 1. The first-order valence-electron chi connectivity index (χ1n) is 12.5. The first kappa shape index (κ1) is 26.7. The van der Waals surface area contributed by atoms with E-state index in [1.54, 1.807) is 30.6 Å². The van der Waals surface area contributed by atoms with Crippen molar-refractivity contribution in [2.75, 3.05) is 11.6 Å². The molecule has 2 aromatic carbocycles. The molecule has 1 amide bonds. The Kier molecular flexibility index (Phi) is 7.58. The van der Waals surface area contributed by atoms with Gasteiger partial charge < -0.3 is 15.0 Å². The second kappa shape index (κ2) is 11.1.